The van der Waals surface area contributed by atoms with Gasteiger partial charge in [-0.1, -0.05) is 11.6 Å². The van der Waals surface area contributed by atoms with Gasteiger partial charge in [-0.15, -0.1) is 0 Å². The van der Waals surface area contributed by atoms with Crippen LogP contribution in [0.1, 0.15) is 11.3 Å². The maximum Gasteiger partial charge on any atom is 0.238 e. The summed E-state index contributed by atoms with van der Waals surface area (Å²) in [6.07, 6.45) is 3.53. The van der Waals surface area contributed by atoms with Gasteiger partial charge in [0.1, 0.15) is 5.82 Å². The summed E-state index contributed by atoms with van der Waals surface area (Å²) in [6, 6.07) is 11.0. The third kappa shape index (κ3) is 5.18. The SMILES string of the molecule is Cc1nc(-c2cccnc2)nc(N2CCN(CC(=O)Nc3ccc(Cl)cc3)CC2)c1C. The maximum atomic E-state index is 12.4. The molecule has 1 saturated heterocycles. The van der Waals surface area contributed by atoms with Gasteiger partial charge in [0.05, 0.1) is 6.54 Å². The zero-order chi connectivity index (χ0) is 21.8. The van der Waals surface area contributed by atoms with Crippen LogP contribution in [0.2, 0.25) is 5.02 Å². The summed E-state index contributed by atoms with van der Waals surface area (Å²) in [5, 5.41) is 3.57. The Hall–Kier alpha value is -3.03. The van der Waals surface area contributed by atoms with Crippen molar-refractivity contribution in [3.8, 4) is 11.4 Å². The normalized spacial score (nSPS) is 14.5. The van der Waals surface area contributed by atoms with Crippen LogP contribution in [0.3, 0.4) is 0 Å². The van der Waals surface area contributed by atoms with Gasteiger partial charge >= 0.3 is 0 Å². The first-order chi connectivity index (χ1) is 15.0. The van der Waals surface area contributed by atoms with E-state index in [1.807, 2.05) is 19.1 Å². The lowest BCUT2D eigenvalue weighted by atomic mass is 10.2. The molecule has 0 atom stereocenters. The minimum absolute atomic E-state index is 0.0244. The minimum Gasteiger partial charge on any atom is -0.354 e. The Kier molecular flexibility index (Phi) is 6.44. The topological polar surface area (TPSA) is 74.2 Å². The summed E-state index contributed by atoms with van der Waals surface area (Å²) < 4.78 is 0. The Bertz CT molecular complexity index is 1050. The lowest BCUT2D eigenvalue weighted by Crippen LogP contribution is -2.49. The lowest BCUT2D eigenvalue weighted by molar-refractivity contribution is -0.117. The number of aryl methyl sites for hydroxylation is 1. The van der Waals surface area contributed by atoms with E-state index in [0.717, 1.165) is 54.5 Å². The number of rotatable bonds is 5. The molecule has 0 saturated carbocycles. The van der Waals surface area contributed by atoms with E-state index in [1.165, 1.54) is 0 Å². The number of pyridine rings is 1. The Balaban J connectivity index is 1.39. The molecule has 1 aliphatic heterocycles. The second-order valence-corrected chi connectivity index (χ2v) is 8.08. The monoisotopic (exact) mass is 436 g/mol. The summed E-state index contributed by atoms with van der Waals surface area (Å²) in [5.41, 5.74) is 3.71. The van der Waals surface area contributed by atoms with Gasteiger partial charge in [0.15, 0.2) is 5.82 Å². The standard InChI is InChI=1S/C23H25ClN6O/c1-16-17(2)26-22(18-4-3-9-25-14-18)28-23(16)30-12-10-29(11-13-30)15-21(31)27-20-7-5-19(24)6-8-20/h3-9,14H,10-13,15H2,1-2H3,(H,27,31). The van der Waals surface area contributed by atoms with E-state index in [1.54, 1.807) is 36.7 Å². The molecule has 1 aliphatic rings. The highest BCUT2D eigenvalue weighted by Gasteiger charge is 2.22. The van der Waals surface area contributed by atoms with Gasteiger partial charge in [-0.2, -0.15) is 0 Å². The Morgan fingerprint density at radius 3 is 2.48 bits per heavy atom. The van der Waals surface area contributed by atoms with E-state index in [0.29, 0.717) is 17.4 Å². The van der Waals surface area contributed by atoms with Gasteiger partial charge < -0.3 is 10.2 Å². The average Bonchev–Trinajstić information content (AvgIpc) is 2.78. The van der Waals surface area contributed by atoms with Crippen molar-refractivity contribution in [1.29, 1.82) is 0 Å². The summed E-state index contributed by atoms with van der Waals surface area (Å²) in [6.45, 7) is 7.62. The van der Waals surface area contributed by atoms with E-state index in [9.17, 15) is 4.79 Å². The van der Waals surface area contributed by atoms with Crippen molar-refractivity contribution in [3.05, 3.63) is 65.1 Å². The number of carbonyl (C=O) groups is 1. The number of halogens is 1. The molecule has 2 aromatic heterocycles. The predicted octanol–water partition coefficient (Wildman–Crippen LogP) is 3.57. The van der Waals surface area contributed by atoms with Crippen LogP contribution in [0.25, 0.3) is 11.4 Å². The summed E-state index contributed by atoms with van der Waals surface area (Å²) in [4.78, 5) is 30.5. The zero-order valence-corrected chi connectivity index (χ0v) is 18.4. The average molecular weight is 437 g/mol. The van der Waals surface area contributed by atoms with Crippen molar-refractivity contribution < 1.29 is 4.79 Å². The molecule has 1 amide bonds. The number of anilines is 2. The molecule has 0 spiro atoms. The molecule has 7 nitrogen and oxygen atoms in total. The molecule has 3 heterocycles. The third-order valence-electron chi connectivity index (χ3n) is 5.45. The van der Waals surface area contributed by atoms with Crippen LogP contribution in [0, 0.1) is 13.8 Å². The van der Waals surface area contributed by atoms with Crippen LogP contribution in [-0.4, -0.2) is 58.5 Å². The Labute approximate surface area is 187 Å². The number of nitrogens with one attached hydrogen (secondary N) is 1. The summed E-state index contributed by atoms with van der Waals surface area (Å²) in [5.74, 6) is 1.62. The van der Waals surface area contributed by atoms with E-state index in [4.69, 9.17) is 16.6 Å². The smallest absolute Gasteiger partial charge is 0.238 e. The van der Waals surface area contributed by atoms with Gasteiger partial charge in [0, 0.05) is 66.1 Å². The van der Waals surface area contributed by atoms with Crippen LogP contribution in [0.5, 0.6) is 0 Å². The number of aromatic nitrogens is 3. The lowest BCUT2D eigenvalue weighted by Gasteiger charge is -2.36. The van der Waals surface area contributed by atoms with Crippen LogP contribution in [-0.2, 0) is 4.79 Å². The fraction of sp³-hybridized carbons (Fsp3) is 0.304. The molecule has 160 valence electrons. The largest absolute Gasteiger partial charge is 0.354 e. The first kappa shape index (κ1) is 21.2. The van der Waals surface area contributed by atoms with E-state index in [-0.39, 0.29) is 5.91 Å². The van der Waals surface area contributed by atoms with Crippen molar-refractivity contribution in [2.24, 2.45) is 0 Å². The van der Waals surface area contributed by atoms with Crippen molar-refractivity contribution in [2.45, 2.75) is 13.8 Å². The summed E-state index contributed by atoms with van der Waals surface area (Å²) >= 11 is 5.90. The molecule has 0 aliphatic carbocycles. The van der Waals surface area contributed by atoms with Gasteiger partial charge in [0.2, 0.25) is 5.91 Å². The maximum absolute atomic E-state index is 12.4. The molecule has 0 radical (unpaired) electrons. The Morgan fingerprint density at radius 1 is 1.06 bits per heavy atom. The molecular formula is C23H25ClN6O. The van der Waals surface area contributed by atoms with Crippen molar-refractivity contribution in [3.63, 3.8) is 0 Å². The van der Waals surface area contributed by atoms with Gasteiger partial charge in [-0.3, -0.25) is 14.7 Å². The molecule has 0 bridgehead atoms. The van der Waals surface area contributed by atoms with Crippen LogP contribution < -0.4 is 10.2 Å². The molecule has 1 fully saturated rings. The van der Waals surface area contributed by atoms with Crippen LogP contribution in [0.4, 0.5) is 11.5 Å². The number of piperazine rings is 1. The fourth-order valence-electron chi connectivity index (χ4n) is 3.60. The highest BCUT2D eigenvalue weighted by atomic mass is 35.5. The minimum atomic E-state index is -0.0244. The molecule has 8 heteroatoms. The van der Waals surface area contributed by atoms with Crippen molar-refractivity contribution >= 4 is 29.0 Å². The molecular weight excluding hydrogens is 412 g/mol. The molecule has 0 unspecified atom stereocenters. The van der Waals surface area contributed by atoms with E-state index >= 15 is 0 Å². The summed E-state index contributed by atoms with van der Waals surface area (Å²) in [7, 11) is 0. The number of carbonyl (C=O) groups excluding carboxylic acids is 1. The second-order valence-electron chi connectivity index (χ2n) is 7.64. The van der Waals surface area contributed by atoms with Gasteiger partial charge in [-0.25, -0.2) is 9.97 Å². The molecule has 1 N–H and O–H groups in total. The Morgan fingerprint density at radius 2 is 1.81 bits per heavy atom. The van der Waals surface area contributed by atoms with E-state index in [2.05, 4.69) is 32.0 Å². The number of benzene rings is 1. The second kappa shape index (κ2) is 9.41. The van der Waals surface area contributed by atoms with Crippen LogP contribution >= 0.6 is 11.6 Å². The first-order valence-electron chi connectivity index (χ1n) is 10.3. The quantitative estimate of drug-likeness (QED) is 0.659. The number of amides is 1. The number of hydrogen-bond acceptors (Lipinski definition) is 6. The fourth-order valence-corrected chi connectivity index (χ4v) is 3.73. The highest BCUT2D eigenvalue weighted by Crippen LogP contribution is 2.25. The van der Waals surface area contributed by atoms with Crippen molar-refractivity contribution in [2.75, 3.05) is 42.9 Å². The highest BCUT2D eigenvalue weighted by molar-refractivity contribution is 6.30. The predicted molar refractivity (Wildman–Crippen MR) is 123 cm³/mol. The zero-order valence-electron chi connectivity index (χ0n) is 17.7. The number of nitrogens with zero attached hydrogens (tertiary/aromatic N) is 5. The van der Waals surface area contributed by atoms with E-state index < -0.39 is 0 Å². The van der Waals surface area contributed by atoms with Crippen molar-refractivity contribution in [1.82, 2.24) is 19.9 Å². The van der Waals surface area contributed by atoms with Gasteiger partial charge in [-0.05, 0) is 50.2 Å². The molecule has 31 heavy (non-hydrogen) atoms. The molecule has 1 aromatic carbocycles. The van der Waals surface area contributed by atoms with Crippen LogP contribution in [0.15, 0.2) is 48.8 Å². The molecule has 4 rings (SSSR count). The molecule has 3 aromatic rings. The third-order valence-corrected chi connectivity index (χ3v) is 5.70. The number of hydrogen-bond donors (Lipinski definition) is 1. The van der Waals surface area contributed by atoms with Gasteiger partial charge in [0.25, 0.3) is 0 Å². The first-order valence-corrected chi connectivity index (χ1v) is 10.7.